The zero-order valence-corrected chi connectivity index (χ0v) is 25.6. The van der Waals surface area contributed by atoms with Crippen molar-refractivity contribution in [3.05, 3.63) is 54.0 Å². The van der Waals surface area contributed by atoms with Crippen LogP contribution in [0.25, 0.3) is 5.52 Å². The Morgan fingerprint density at radius 3 is 2.57 bits per heavy atom. The number of nitrogens with two attached hydrogens (primary N) is 1. The van der Waals surface area contributed by atoms with Crippen molar-refractivity contribution >= 4 is 25.1 Å². The number of rotatable bonds is 11. The topological polar surface area (TPSA) is 139 Å². The molecule has 1 saturated carbocycles. The van der Waals surface area contributed by atoms with Crippen LogP contribution in [0.15, 0.2) is 42.7 Å². The number of ether oxygens (including phenoxy) is 2. The van der Waals surface area contributed by atoms with Crippen molar-refractivity contribution in [2.24, 2.45) is 5.92 Å². The van der Waals surface area contributed by atoms with Gasteiger partial charge in [0.05, 0.1) is 25.0 Å². The molecule has 3 heterocycles. The number of anilines is 1. The first-order valence-electron chi connectivity index (χ1n) is 14.8. The van der Waals surface area contributed by atoms with Crippen molar-refractivity contribution in [1.82, 2.24) is 19.7 Å². The average molecular weight is 600 g/mol. The van der Waals surface area contributed by atoms with Crippen molar-refractivity contribution in [3.8, 4) is 5.75 Å². The van der Waals surface area contributed by atoms with Crippen LogP contribution in [0.4, 0.5) is 5.82 Å². The van der Waals surface area contributed by atoms with E-state index in [1.165, 1.54) is 12.7 Å². The summed E-state index contributed by atoms with van der Waals surface area (Å²) in [6, 6.07) is 11.2. The van der Waals surface area contributed by atoms with Crippen LogP contribution in [0.2, 0.25) is 0 Å². The minimum Gasteiger partial charge on any atom is -0.464 e. The van der Waals surface area contributed by atoms with E-state index < -0.39 is 13.7 Å². The summed E-state index contributed by atoms with van der Waals surface area (Å²) in [5.74, 6) is 0.661. The molecule has 5 rings (SSSR count). The molecule has 1 aromatic carbocycles. The van der Waals surface area contributed by atoms with Crippen LogP contribution in [0.3, 0.4) is 0 Å². The quantitative estimate of drug-likeness (QED) is 0.207. The molecular weight excluding hydrogens is 557 g/mol. The van der Waals surface area contributed by atoms with Crippen LogP contribution in [-0.4, -0.2) is 46.4 Å². The third-order valence-corrected chi connectivity index (χ3v) is 9.43. The van der Waals surface area contributed by atoms with Gasteiger partial charge in [0, 0.05) is 0 Å². The maximum Gasteiger partial charge on any atom is 0.459 e. The molecule has 2 aromatic heterocycles. The summed E-state index contributed by atoms with van der Waals surface area (Å²) in [7, 11) is -3.96. The van der Waals surface area contributed by atoms with Gasteiger partial charge in [-0.05, 0) is 66.8 Å². The highest BCUT2D eigenvalue weighted by atomic mass is 31.2. The molecule has 3 aromatic rings. The number of hydrogen-bond donors (Lipinski definition) is 2. The fourth-order valence-electron chi connectivity index (χ4n) is 5.48. The van der Waals surface area contributed by atoms with Crippen molar-refractivity contribution < 1.29 is 27.9 Å². The summed E-state index contributed by atoms with van der Waals surface area (Å²) in [4.78, 5) is 16.6. The summed E-state index contributed by atoms with van der Waals surface area (Å²) in [5, 5.41) is 7.02. The van der Waals surface area contributed by atoms with Crippen molar-refractivity contribution in [1.29, 1.82) is 0 Å². The Bertz CT molecular complexity index is 1400. The van der Waals surface area contributed by atoms with Crippen LogP contribution in [0.5, 0.6) is 5.75 Å². The van der Waals surface area contributed by atoms with Gasteiger partial charge in [-0.15, -0.1) is 0 Å². The second kappa shape index (κ2) is 13.1. The van der Waals surface area contributed by atoms with Gasteiger partial charge in [0.15, 0.2) is 5.82 Å². The first kappa shape index (κ1) is 30.5. The van der Waals surface area contributed by atoms with Crippen LogP contribution in [0.1, 0.15) is 83.1 Å². The van der Waals surface area contributed by atoms with E-state index in [-0.39, 0.29) is 30.8 Å². The maximum absolute atomic E-state index is 13.9. The molecule has 3 N–H and O–H groups in total. The summed E-state index contributed by atoms with van der Waals surface area (Å²) in [5.41, 5.74) is 8.61. The molecule has 228 valence electrons. The van der Waals surface area contributed by atoms with Gasteiger partial charge in [-0.25, -0.2) is 19.2 Å². The van der Waals surface area contributed by atoms with Gasteiger partial charge in [-0.3, -0.25) is 9.32 Å². The van der Waals surface area contributed by atoms with Crippen LogP contribution in [-0.2, 0) is 28.8 Å². The Kier molecular flexibility index (Phi) is 9.52. The van der Waals surface area contributed by atoms with Crippen molar-refractivity contribution in [2.75, 3.05) is 25.5 Å². The van der Waals surface area contributed by atoms with E-state index >= 15 is 0 Å². The molecule has 2 fully saturated rings. The van der Waals surface area contributed by atoms with Gasteiger partial charge in [0.1, 0.15) is 30.2 Å². The lowest BCUT2D eigenvalue weighted by molar-refractivity contribution is -0.144. The first-order valence-corrected chi connectivity index (χ1v) is 16.3. The van der Waals surface area contributed by atoms with Gasteiger partial charge in [-0.2, -0.15) is 5.10 Å². The monoisotopic (exact) mass is 599 g/mol. The number of fused-ring (bicyclic) bond motifs is 1. The number of aromatic nitrogens is 3. The van der Waals surface area contributed by atoms with Crippen LogP contribution in [0, 0.1) is 5.92 Å². The highest BCUT2D eigenvalue weighted by molar-refractivity contribution is 7.52. The second-order valence-corrected chi connectivity index (χ2v) is 14.0. The van der Waals surface area contributed by atoms with Gasteiger partial charge >= 0.3 is 13.7 Å². The lowest BCUT2D eigenvalue weighted by Gasteiger charge is -2.23. The SMILES string of the molecule is CC(C)(C)c1ccc(OP(=O)(NCC(=O)OCC2CCCCC2)OCC2CCC(c3ccc4c(N)ncnn34)O2)cc1. The molecule has 0 bridgehead atoms. The van der Waals surface area contributed by atoms with E-state index in [2.05, 4.69) is 35.9 Å². The summed E-state index contributed by atoms with van der Waals surface area (Å²) >= 11 is 0. The number of carbonyl (C=O) groups is 1. The molecule has 11 nitrogen and oxygen atoms in total. The minimum atomic E-state index is -3.96. The zero-order chi connectivity index (χ0) is 29.7. The lowest BCUT2D eigenvalue weighted by atomic mass is 9.87. The molecule has 1 aliphatic carbocycles. The summed E-state index contributed by atoms with van der Waals surface area (Å²) < 4.78 is 39.1. The van der Waals surface area contributed by atoms with Gasteiger partial charge < -0.3 is 19.7 Å². The number of benzene rings is 1. The molecule has 0 spiro atoms. The van der Waals surface area contributed by atoms with E-state index in [1.54, 1.807) is 16.6 Å². The highest BCUT2D eigenvalue weighted by Gasteiger charge is 2.34. The number of nitrogens with one attached hydrogen (secondary N) is 1. The average Bonchev–Trinajstić information content (AvgIpc) is 3.62. The molecular formula is C30H42N5O6P. The van der Waals surface area contributed by atoms with E-state index in [0.29, 0.717) is 36.0 Å². The zero-order valence-electron chi connectivity index (χ0n) is 24.7. The van der Waals surface area contributed by atoms with E-state index in [0.717, 1.165) is 43.4 Å². The van der Waals surface area contributed by atoms with Crippen molar-refractivity contribution in [3.63, 3.8) is 0 Å². The summed E-state index contributed by atoms with van der Waals surface area (Å²) in [6.07, 6.45) is 7.95. The molecule has 3 unspecified atom stereocenters. The maximum atomic E-state index is 13.9. The smallest absolute Gasteiger partial charge is 0.459 e. The third kappa shape index (κ3) is 7.69. The summed E-state index contributed by atoms with van der Waals surface area (Å²) in [6.45, 7) is 6.44. The lowest BCUT2D eigenvalue weighted by Crippen LogP contribution is -2.28. The number of carbonyl (C=O) groups excluding carboxylic acids is 1. The predicted octanol–water partition coefficient (Wildman–Crippen LogP) is 5.75. The molecule has 1 aliphatic heterocycles. The molecule has 3 atom stereocenters. The molecule has 2 aliphatic rings. The minimum absolute atomic E-state index is 0.0123. The van der Waals surface area contributed by atoms with E-state index in [1.807, 2.05) is 24.3 Å². The van der Waals surface area contributed by atoms with Gasteiger partial charge in [0.25, 0.3) is 0 Å². The Hall–Kier alpha value is -2.98. The fourth-order valence-corrected chi connectivity index (χ4v) is 6.77. The third-order valence-electron chi connectivity index (χ3n) is 7.95. The number of nitrogens with zero attached hydrogens (tertiary/aromatic N) is 3. The normalized spacial score (nSPS) is 21.3. The number of hydrogen-bond acceptors (Lipinski definition) is 9. The van der Waals surface area contributed by atoms with Gasteiger partial charge in [-0.1, -0.05) is 52.2 Å². The first-order chi connectivity index (χ1) is 20.1. The van der Waals surface area contributed by atoms with Gasteiger partial charge in [0.2, 0.25) is 0 Å². The van der Waals surface area contributed by atoms with E-state index in [4.69, 9.17) is 24.3 Å². The molecule has 12 heteroatoms. The van der Waals surface area contributed by atoms with Crippen LogP contribution < -0.4 is 15.3 Å². The molecule has 0 radical (unpaired) electrons. The highest BCUT2D eigenvalue weighted by Crippen LogP contribution is 2.46. The van der Waals surface area contributed by atoms with Crippen LogP contribution >= 0.6 is 7.75 Å². The standard InChI is InChI=1S/C30H42N5O6P/c1-30(2,3)22-9-11-23(12-10-22)41-42(37,34-17-28(36)38-18-21-7-5-4-6-8-21)39-19-24-13-16-27(40-24)25-14-15-26-29(31)32-20-33-35(25)26/h9-12,14-15,20-21,24,27H,4-8,13,16-19H2,1-3H3,(H,34,37)(H2,31,32,33). The second-order valence-electron chi connectivity index (χ2n) is 12.2. The Morgan fingerprint density at radius 1 is 1.07 bits per heavy atom. The Morgan fingerprint density at radius 2 is 1.83 bits per heavy atom. The molecule has 1 saturated heterocycles. The number of nitrogen functional groups attached to an aromatic ring is 1. The molecule has 0 amide bonds. The van der Waals surface area contributed by atoms with Crippen molar-refractivity contribution in [2.45, 2.75) is 83.3 Å². The Labute approximate surface area is 247 Å². The fraction of sp³-hybridized carbons (Fsp3) is 0.567. The predicted molar refractivity (Wildman–Crippen MR) is 159 cm³/mol. The van der Waals surface area contributed by atoms with E-state index in [9.17, 15) is 9.36 Å². The number of esters is 1. The molecule has 42 heavy (non-hydrogen) atoms. The Balaban J connectivity index is 1.21. The largest absolute Gasteiger partial charge is 0.464 e.